The normalized spacial score (nSPS) is 18.0. The van der Waals surface area contributed by atoms with Crippen molar-refractivity contribution in [3.63, 3.8) is 0 Å². The van der Waals surface area contributed by atoms with E-state index in [0.717, 1.165) is 67.2 Å². The molecule has 0 radical (unpaired) electrons. The smallest absolute Gasteiger partial charge is 0.257 e. The molecule has 34 heavy (non-hydrogen) atoms. The number of methoxy groups -OCH3 is 1. The molecule has 3 N–H and O–H groups in total. The molecule has 3 heterocycles. The van der Waals surface area contributed by atoms with E-state index in [2.05, 4.69) is 56.7 Å². The van der Waals surface area contributed by atoms with Crippen molar-refractivity contribution in [2.24, 2.45) is 0 Å². The Labute approximate surface area is 200 Å². The summed E-state index contributed by atoms with van der Waals surface area (Å²) in [6.45, 7) is 5.94. The predicted octanol–water partition coefficient (Wildman–Crippen LogP) is 4.15. The average Bonchev–Trinajstić information content (AvgIpc) is 3.49. The highest BCUT2D eigenvalue weighted by Gasteiger charge is 2.30. The number of H-pyrrole nitrogens is 1. The van der Waals surface area contributed by atoms with Gasteiger partial charge in [-0.25, -0.2) is 4.98 Å². The maximum Gasteiger partial charge on any atom is 0.257 e. The van der Waals surface area contributed by atoms with Crippen molar-refractivity contribution in [2.75, 3.05) is 44.0 Å². The number of piperidine rings is 1. The van der Waals surface area contributed by atoms with Gasteiger partial charge in [0.2, 0.25) is 0 Å². The Kier molecular flexibility index (Phi) is 6.47. The van der Waals surface area contributed by atoms with Crippen LogP contribution in [0.2, 0.25) is 0 Å². The largest absolute Gasteiger partial charge is 0.383 e. The van der Waals surface area contributed by atoms with Gasteiger partial charge in [-0.1, -0.05) is 29.8 Å². The number of aromatic nitrogens is 2. The summed E-state index contributed by atoms with van der Waals surface area (Å²) < 4.78 is 5.21. The van der Waals surface area contributed by atoms with Crippen molar-refractivity contribution in [1.29, 1.82) is 0 Å². The van der Waals surface area contributed by atoms with Crippen molar-refractivity contribution in [3.8, 4) is 0 Å². The van der Waals surface area contributed by atoms with Crippen molar-refractivity contribution < 1.29 is 9.53 Å². The third-order valence-corrected chi connectivity index (χ3v) is 6.66. The molecule has 3 aromatic rings. The van der Waals surface area contributed by atoms with Crippen LogP contribution in [0.4, 0.5) is 11.4 Å². The highest BCUT2D eigenvalue weighted by atomic mass is 16.5. The van der Waals surface area contributed by atoms with E-state index in [1.807, 2.05) is 18.2 Å². The van der Waals surface area contributed by atoms with Crippen LogP contribution in [-0.4, -0.2) is 60.2 Å². The molecule has 0 saturated carbocycles. The molecule has 176 valence electrons. The zero-order valence-electron chi connectivity index (χ0n) is 19.7. The van der Waals surface area contributed by atoms with Gasteiger partial charge >= 0.3 is 0 Å². The van der Waals surface area contributed by atoms with Gasteiger partial charge in [-0.15, -0.1) is 0 Å². The number of aromatic amines is 1. The number of carbonyl (C=O) groups is 1. The van der Waals surface area contributed by atoms with E-state index < -0.39 is 0 Å². The minimum atomic E-state index is -0.106. The highest BCUT2D eigenvalue weighted by Crippen LogP contribution is 2.40. The Hall–Kier alpha value is -3.42. The quantitative estimate of drug-likeness (QED) is 0.464. The first-order chi connectivity index (χ1) is 16.6. The van der Waals surface area contributed by atoms with Crippen LogP contribution in [0.1, 0.15) is 35.4 Å². The molecule has 5 rings (SSSR count). The Bertz CT molecular complexity index is 1180. The van der Waals surface area contributed by atoms with E-state index in [1.165, 1.54) is 5.56 Å². The number of hydrogen-bond acceptors (Lipinski definition) is 5. The van der Waals surface area contributed by atoms with E-state index in [-0.39, 0.29) is 5.91 Å². The number of hydrogen-bond donors (Lipinski definition) is 3. The van der Waals surface area contributed by atoms with E-state index in [0.29, 0.717) is 17.4 Å². The molecule has 2 aliphatic heterocycles. The molecule has 1 amide bonds. The van der Waals surface area contributed by atoms with Crippen molar-refractivity contribution in [3.05, 3.63) is 77.4 Å². The molecular formula is C27H31N5O2. The van der Waals surface area contributed by atoms with Crippen molar-refractivity contribution in [1.82, 2.24) is 14.9 Å². The zero-order chi connectivity index (χ0) is 23.5. The SMILES string of the molecule is COCCN1CCC(Nc2ccc3c(c2)C(=C(c2ccc(C)cc2)c2ncc[nH]2)C(=O)N3)CC1. The van der Waals surface area contributed by atoms with Crippen LogP contribution >= 0.6 is 0 Å². The lowest BCUT2D eigenvalue weighted by molar-refractivity contribution is -0.110. The number of anilines is 2. The second-order valence-corrected chi connectivity index (χ2v) is 9.02. The third kappa shape index (κ3) is 4.62. The summed E-state index contributed by atoms with van der Waals surface area (Å²) in [5.41, 5.74) is 6.35. The molecule has 7 nitrogen and oxygen atoms in total. The topological polar surface area (TPSA) is 82.3 Å². The molecule has 7 heteroatoms. The van der Waals surface area contributed by atoms with Crippen LogP contribution in [0.15, 0.2) is 54.9 Å². The van der Waals surface area contributed by atoms with Gasteiger partial charge in [0, 0.05) is 67.7 Å². The Balaban J connectivity index is 1.45. The van der Waals surface area contributed by atoms with Gasteiger partial charge in [0.05, 0.1) is 12.2 Å². The fourth-order valence-electron chi connectivity index (χ4n) is 4.78. The van der Waals surface area contributed by atoms with Crippen LogP contribution in [0.25, 0.3) is 11.1 Å². The number of carbonyl (C=O) groups excluding carboxylic acids is 1. The van der Waals surface area contributed by atoms with Gasteiger partial charge in [0.1, 0.15) is 5.82 Å². The summed E-state index contributed by atoms with van der Waals surface area (Å²) >= 11 is 0. The van der Waals surface area contributed by atoms with Gasteiger partial charge in [-0.2, -0.15) is 0 Å². The van der Waals surface area contributed by atoms with Crippen LogP contribution in [0.3, 0.4) is 0 Å². The van der Waals surface area contributed by atoms with Gasteiger partial charge in [-0.3, -0.25) is 4.79 Å². The predicted molar refractivity (Wildman–Crippen MR) is 136 cm³/mol. The van der Waals surface area contributed by atoms with Gasteiger partial charge in [0.25, 0.3) is 5.91 Å². The molecule has 0 bridgehead atoms. The van der Waals surface area contributed by atoms with Crippen molar-refractivity contribution >= 4 is 28.4 Å². The average molecular weight is 458 g/mol. The molecule has 0 atom stereocenters. The third-order valence-electron chi connectivity index (χ3n) is 6.66. The van der Waals surface area contributed by atoms with Crippen LogP contribution < -0.4 is 10.6 Å². The number of aryl methyl sites for hydroxylation is 1. The van der Waals surface area contributed by atoms with E-state index in [4.69, 9.17) is 4.74 Å². The number of nitrogens with zero attached hydrogens (tertiary/aromatic N) is 2. The first-order valence-electron chi connectivity index (χ1n) is 11.9. The second kappa shape index (κ2) is 9.83. The molecule has 2 aromatic carbocycles. The Morgan fingerprint density at radius 1 is 1.18 bits per heavy atom. The Morgan fingerprint density at radius 2 is 1.97 bits per heavy atom. The maximum absolute atomic E-state index is 13.2. The van der Waals surface area contributed by atoms with E-state index >= 15 is 0 Å². The maximum atomic E-state index is 13.2. The first-order valence-corrected chi connectivity index (χ1v) is 11.9. The number of likely N-dealkylation sites (tertiary alicyclic amines) is 1. The fourth-order valence-corrected chi connectivity index (χ4v) is 4.78. The fraction of sp³-hybridized carbons (Fsp3) is 0.333. The van der Waals surface area contributed by atoms with Gasteiger partial charge < -0.3 is 25.3 Å². The zero-order valence-corrected chi connectivity index (χ0v) is 19.7. The summed E-state index contributed by atoms with van der Waals surface area (Å²) in [6, 6.07) is 14.8. The molecular weight excluding hydrogens is 426 g/mol. The minimum absolute atomic E-state index is 0.106. The number of fused-ring (bicyclic) bond motifs is 1. The van der Waals surface area contributed by atoms with E-state index in [9.17, 15) is 4.79 Å². The summed E-state index contributed by atoms with van der Waals surface area (Å²) in [4.78, 5) is 23.3. The minimum Gasteiger partial charge on any atom is -0.383 e. The van der Waals surface area contributed by atoms with Crippen molar-refractivity contribution in [2.45, 2.75) is 25.8 Å². The number of nitrogens with one attached hydrogen (secondary N) is 3. The number of rotatable bonds is 7. The molecule has 1 saturated heterocycles. The molecule has 0 spiro atoms. The monoisotopic (exact) mass is 457 g/mol. The van der Waals surface area contributed by atoms with Gasteiger partial charge in [-0.05, 0) is 43.5 Å². The number of benzene rings is 2. The number of imidazole rings is 1. The lowest BCUT2D eigenvalue weighted by atomic mass is 9.94. The summed E-state index contributed by atoms with van der Waals surface area (Å²) in [7, 11) is 1.75. The molecule has 0 aliphatic carbocycles. The van der Waals surface area contributed by atoms with Crippen LogP contribution in [0, 0.1) is 6.92 Å². The summed E-state index contributed by atoms with van der Waals surface area (Å²) in [6.07, 6.45) is 5.67. The Morgan fingerprint density at radius 3 is 2.68 bits per heavy atom. The molecule has 2 aliphatic rings. The standard InChI is InChI=1S/C27H31N5O2/c1-18-3-5-19(6-4-18)24(26-28-11-12-29-26)25-22-17-21(7-8-23(22)31-27(25)33)30-20-9-13-32(14-10-20)15-16-34-2/h3-8,11-12,17,20,30H,9-10,13-16H2,1-2H3,(H,28,29)(H,31,33). The van der Waals surface area contributed by atoms with E-state index in [1.54, 1.807) is 19.5 Å². The second-order valence-electron chi connectivity index (χ2n) is 9.02. The lowest BCUT2D eigenvalue weighted by Gasteiger charge is -2.32. The van der Waals surface area contributed by atoms with Crippen LogP contribution in [0.5, 0.6) is 0 Å². The van der Waals surface area contributed by atoms with Crippen LogP contribution in [-0.2, 0) is 9.53 Å². The summed E-state index contributed by atoms with van der Waals surface area (Å²) in [5.74, 6) is 0.578. The summed E-state index contributed by atoms with van der Waals surface area (Å²) in [5, 5.41) is 6.74. The molecule has 1 aromatic heterocycles. The highest BCUT2D eigenvalue weighted by molar-refractivity contribution is 6.38. The number of ether oxygens (including phenoxy) is 1. The lowest BCUT2D eigenvalue weighted by Crippen LogP contribution is -2.40. The molecule has 0 unspecified atom stereocenters. The number of amides is 1. The molecule has 1 fully saturated rings. The van der Waals surface area contributed by atoms with Gasteiger partial charge in [0.15, 0.2) is 0 Å². The first kappa shape index (κ1) is 22.4.